The molecule has 1 aromatic rings. The van der Waals surface area contributed by atoms with Crippen molar-refractivity contribution in [1.82, 2.24) is 4.98 Å². The summed E-state index contributed by atoms with van der Waals surface area (Å²) in [6.07, 6.45) is 8.29. The van der Waals surface area contributed by atoms with E-state index in [4.69, 9.17) is 11.6 Å². The van der Waals surface area contributed by atoms with Gasteiger partial charge in [-0.3, -0.25) is 0 Å². The Morgan fingerprint density at radius 3 is 2.47 bits per heavy atom. The summed E-state index contributed by atoms with van der Waals surface area (Å²) in [5.74, 6) is 0.874. The van der Waals surface area contributed by atoms with E-state index in [2.05, 4.69) is 31.1 Å². The molecule has 1 heterocycles. The van der Waals surface area contributed by atoms with Crippen molar-refractivity contribution in [3.8, 4) is 0 Å². The van der Waals surface area contributed by atoms with E-state index in [1.54, 1.807) is 0 Å². The summed E-state index contributed by atoms with van der Waals surface area (Å²) < 4.78 is 0. The Labute approximate surface area is 122 Å². The first-order valence-corrected chi connectivity index (χ1v) is 7.77. The van der Waals surface area contributed by atoms with Crippen LogP contribution in [-0.2, 0) is 0 Å². The highest BCUT2D eigenvalue weighted by Crippen LogP contribution is 2.40. The molecule has 2 nitrogen and oxygen atoms in total. The van der Waals surface area contributed by atoms with Crippen LogP contribution in [0.3, 0.4) is 0 Å². The third kappa shape index (κ3) is 3.85. The summed E-state index contributed by atoms with van der Waals surface area (Å²) in [4.78, 5) is 4.12. The molecule has 1 aromatic heterocycles. The smallest absolute Gasteiger partial charge is 0.129 e. The first-order valence-electron chi connectivity index (χ1n) is 7.39. The van der Waals surface area contributed by atoms with Gasteiger partial charge in [-0.05, 0) is 49.1 Å². The molecule has 19 heavy (non-hydrogen) atoms. The largest absolute Gasteiger partial charge is 0.381 e. The second-order valence-electron chi connectivity index (χ2n) is 6.40. The van der Waals surface area contributed by atoms with E-state index in [1.807, 2.05) is 18.3 Å². The summed E-state index contributed by atoms with van der Waals surface area (Å²) in [6.45, 7) is 7.13. The molecule has 1 aliphatic carbocycles. The van der Waals surface area contributed by atoms with Crippen LogP contribution < -0.4 is 5.32 Å². The number of aromatic nitrogens is 1. The van der Waals surface area contributed by atoms with Crippen molar-refractivity contribution >= 4 is 17.3 Å². The van der Waals surface area contributed by atoms with Crippen LogP contribution in [-0.4, -0.2) is 11.0 Å². The molecule has 0 saturated heterocycles. The Balaban J connectivity index is 1.85. The minimum atomic E-state index is 0.493. The van der Waals surface area contributed by atoms with E-state index in [1.165, 1.54) is 32.1 Å². The van der Waals surface area contributed by atoms with Crippen LogP contribution in [0.1, 0.15) is 52.9 Å². The number of nitrogens with zero attached hydrogens (tertiary/aromatic N) is 1. The number of hydrogen-bond donors (Lipinski definition) is 1. The van der Waals surface area contributed by atoms with Crippen molar-refractivity contribution < 1.29 is 0 Å². The van der Waals surface area contributed by atoms with Gasteiger partial charge < -0.3 is 5.32 Å². The highest BCUT2D eigenvalue weighted by molar-refractivity contribution is 6.29. The molecule has 1 fully saturated rings. The van der Waals surface area contributed by atoms with Gasteiger partial charge in [0.25, 0.3) is 0 Å². The SMILES string of the molecule is CCC(C)(C)C1CCC(Nc2ccc(Cl)nc2)CC1. The highest BCUT2D eigenvalue weighted by atomic mass is 35.5. The molecule has 1 N–H and O–H groups in total. The molecule has 0 amide bonds. The molecule has 0 aromatic carbocycles. The van der Waals surface area contributed by atoms with E-state index in [0.29, 0.717) is 16.6 Å². The number of hydrogen-bond acceptors (Lipinski definition) is 2. The van der Waals surface area contributed by atoms with Gasteiger partial charge in [0, 0.05) is 6.04 Å². The van der Waals surface area contributed by atoms with Crippen LogP contribution in [0.4, 0.5) is 5.69 Å². The number of rotatable bonds is 4. The monoisotopic (exact) mass is 280 g/mol. The van der Waals surface area contributed by atoms with Crippen molar-refractivity contribution in [3.05, 3.63) is 23.5 Å². The van der Waals surface area contributed by atoms with E-state index in [0.717, 1.165) is 11.6 Å². The summed E-state index contributed by atoms with van der Waals surface area (Å²) in [5, 5.41) is 4.13. The fourth-order valence-electron chi connectivity index (χ4n) is 3.00. The predicted molar refractivity (Wildman–Crippen MR) is 82.7 cm³/mol. The molecular formula is C16H25ClN2. The van der Waals surface area contributed by atoms with Gasteiger partial charge >= 0.3 is 0 Å². The number of halogens is 1. The second-order valence-corrected chi connectivity index (χ2v) is 6.79. The van der Waals surface area contributed by atoms with Gasteiger partial charge in [-0.25, -0.2) is 4.98 Å². The van der Waals surface area contributed by atoms with Crippen molar-refractivity contribution in [1.29, 1.82) is 0 Å². The summed E-state index contributed by atoms with van der Waals surface area (Å²) in [6, 6.07) is 4.44. The number of anilines is 1. The van der Waals surface area contributed by atoms with E-state index < -0.39 is 0 Å². The predicted octanol–water partition coefficient (Wildman–Crippen LogP) is 5.14. The standard InChI is InChI=1S/C16H25ClN2/c1-4-16(2,3)12-5-7-13(8-6-12)19-14-9-10-15(17)18-11-14/h9-13,19H,4-8H2,1-3H3. The lowest BCUT2D eigenvalue weighted by Gasteiger charge is -2.39. The number of nitrogens with one attached hydrogen (secondary N) is 1. The molecule has 2 rings (SSSR count). The topological polar surface area (TPSA) is 24.9 Å². The Kier molecular flexibility index (Phi) is 4.72. The molecule has 106 valence electrons. The fraction of sp³-hybridized carbons (Fsp3) is 0.688. The Bertz CT molecular complexity index is 392. The van der Waals surface area contributed by atoms with Crippen LogP contribution in [0.15, 0.2) is 18.3 Å². The molecule has 0 aliphatic heterocycles. The van der Waals surface area contributed by atoms with E-state index in [9.17, 15) is 0 Å². The van der Waals surface area contributed by atoms with Gasteiger partial charge in [-0.15, -0.1) is 0 Å². The van der Waals surface area contributed by atoms with Crippen molar-refractivity contribution in [2.24, 2.45) is 11.3 Å². The molecule has 0 radical (unpaired) electrons. The zero-order valence-electron chi connectivity index (χ0n) is 12.2. The van der Waals surface area contributed by atoms with Crippen LogP contribution in [0.2, 0.25) is 5.15 Å². The zero-order chi connectivity index (χ0) is 13.9. The molecule has 3 heteroatoms. The van der Waals surface area contributed by atoms with Gasteiger partial charge in [-0.1, -0.05) is 38.8 Å². The third-order valence-electron chi connectivity index (χ3n) is 4.84. The zero-order valence-corrected chi connectivity index (χ0v) is 13.0. The van der Waals surface area contributed by atoms with Gasteiger partial charge in [0.2, 0.25) is 0 Å². The number of pyridine rings is 1. The average molecular weight is 281 g/mol. The van der Waals surface area contributed by atoms with Crippen LogP contribution in [0, 0.1) is 11.3 Å². The van der Waals surface area contributed by atoms with Gasteiger partial charge in [-0.2, -0.15) is 0 Å². The second kappa shape index (κ2) is 6.13. The van der Waals surface area contributed by atoms with Crippen LogP contribution in [0.5, 0.6) is 0 Å². The Morgan fingerprint density at radius 2 is 1.95 bits per heavy atom. The highest BCUT2D eigenvalue weighted by Gasteiger charge is 2.31. The lowest BCUT2D eigenvalue weighted by atomic mass is 9.69. The van der Waals surface area contributed by atoms with Crippen molar-refractivity contribution in [3.63, 3.8) is 0 Å². The van der Waals surface area contributed by atoms with Gasteiger partial charge in [0.05, 0.1) is 11.9 Å². The first-order chi connectivity index (χ1) is 9.01. The molecule has 0 atom stereocenters. The Morgan fingerprint density at radius 1 is 1.26 bits per heavy atom. The molecule has 1 aliphatic rings. The van der Waals surface area contributed by atoms with Crippen LogP contribution in [0.25, 0.3) is 0 Å². The fourth-order valence-corrected chi connectivity index (χ4v) is 3.12. The normalized spacial score (nSPS) is 24.2. The minimum absolute atomic E-state index is 0.493. The lowest BCUT2D eigenvalue weighted by Crippen LogP contribution is -2.32. The minimum Gasteiger partial charge on any atom is -0.381 e. The van der Waals surface area contributed by atoms with Crippen molar-refractivity contribution in [2.45, 2.75) is 58.9 Å². The molecule has 0 bridgehead atoms. The first kappa shape index (κ1) is 14.6. The van der Waals surface area contributed by atoms with Gasteiger partial charge in [0.1, 0.15) is 5.15 Å². The maximum Gasteiger partial charge on any atom is 0.129 e. The summed E-state index contributed by atoms with van der Waals surface area (Å²) >= 11 is 5.80. The average Bonchev–Trinajstić information content (AvgIpc) is 2.42. The summed E-state index contributed by atoms with van der Waals surface area (Å²) in [5.41, 5.74) is 1.58. The molecule has 0 spiro atoms. The van der Waals surface area contributed by atoms with E-state index in [-0.39, 0.29) is 0 Å². The van der Waals surface area contributed by atoms with Crippen molar-refractivity contribution in [2.75, 3.05) is 5.32 Å². The molecule has 0 unspecified atom stereocenters. The molecular weight excluding hydrogens is 256 g/mol. The molecule has 1 saturated carbocycles. The van der Waals surface area contributed by atoms with E-state index >= 15 is 0 Å². The maximum atomic E-state index is 5.80. The third-order valence-corrected chi connectivity index (χ3v) is 5.07. The maximum absolute atomic E-state index is 5.80. The van der Waals surface area contributed by atoms with Gasteiger partial charge in [0.15, 0.2) is 0 Å². The lowest BCUT2D eigenvalue weighted by molar-refractivity contribution is 0.147. The Hall–Kier alpha value is -0.760. The van der Waals surface area contributed by atoms with Crippen LogP contribution >= 0.6 is 11.6 Å². The quantitative estimate of drug-likeness (QED) is 0.772. The summed E-state index contributed by atoms with van der Waals surface area (Å²) in [7, 11) is 0.